The molecule has 4 unspecified atom stereocenters. The molecule has 2 rings (SSSR count). The Balaban J connectivity index is 2.18. The van der Waals surface area contributed by atoms with Gasteiger partial charge in [-0.25, -0.2) is 0 Å². The Morgan fingerprint density at radius 1 is 0.968 bits per heavy atom. The van der Waals surface area contributed by atoms with Crippen molar-refractivity contribution in [2.45, 2.75) is 30.9 Å². The third-order valence-electron chi connectivity index (χ3n) is 4.82. The number of halogens is 3. The molecule has 0 aromatic heterocycles. The van der Waals surface area contributed by atoms with E-state index in [-0.39, 0.29) is 13.0 Å². The Morgan fingerprint density at radius 3 is 2.03 bits per heavy atom. The number of ether oxygens (including phenoxy) is 1. The fourth-order valence-electron chi connectivity index (χ4n) is 3.43. The number of alkyl halides is 3. The quantitative estimate of drug-likeness (QED) is 0.530. The first kappa shape index (κ1) is 24.6. The van der Waals surface area contributed by atoms with Crippen LogP contribution in [0.3, 0.4) is 0 Å². The fraction of sp³-hybridized carbons (Fsp3) is 0.450. The van der Waals surface area contributed by atoms with Crippen molar-refractivity contribution in [1.29, 1.82) is 0 Å². The molecular weight excluding hydrogens is 441 g/mol. The molecule has 0 amide bonds. The predicted molar refractivity (Wildman–Crippen MR) is 103 cm³/mol. The lowest BCUT2D eigenvalue weighted by Gasteiger charge is -2.40. The predicted octanol–water partition coefficient (Wildman–Crippen LogP) is 3.38. The van der Waals surface area contributed by atoms with Crippen LogP contribution in [-0.4, -0.2) is 45.3 Å². The van der Waals surface area contributed by atoms with E-state index in [9.17, 15) is 37.8 Å². The van der Waals surface area contributed by atoms with E-state index < -0.39 is 65.7 Å². The summed E-state index contributed by atoms with van der Waals surface area (Å²) in [5.74, 6) is -3.09. The molecule has 0 spiro atoms. The van der Waals surface area contributed by atoms with Crippen molar-refractivity contribution in [3.8, 4) is 11.2 Å². The van der Waals surface area contributed by atoms with E-state index >= 15 is 0 Å². The molecule has 1 aliphatic rings. The molecule has 168 valence electrons. The van der Waals surface area contributed by atoms with Gasteiger partial charge in [-0.05, 0) is 53.1 Å². The molecule has 3 N–H and O–H groups in total. The van der Waals surface area contributed by atoms with Crippen LogP contribution in [0.4, 0.5) is 13.2 Å². The van der Waals surface area contributed by atoms with Crippen LogP contribution in [0, 0.1) is 28.9 Å². The lowest BCUT2D eigenvalue weighted by Crippen LogP contribution is -2.43. The molecule has 1 heterocycles. The maximum absolute atomic E-state index is 12.6. The summed E-state index contributed by atoms with van der Waals surface area (Å²) in [6.07, 6.45) is -5.68. The van der Waals surface area contributed by atoms with Crippen molar-refractivity contribution in [3.05, 3.63) is 35.4 Å². The Bertz CT molecular complexity index is 873. The number of thioether (sulfide) groups is 1. The zero-order valence-electron chi connectivity index (χ0n) is 16.0. The highest BCUT2D eigenvalue weighted by Gasteiger charge is 2.43. The summed E-state index contributed by atoms with van der Waals surface area (Å²) in [6, 6.07) is 4.17. The highest BCUT2D eigenvalue weighted by atomic mass is 32.2. The number of carboxylic acid groups (broad SMARTS) is 3. The van der Waals surface area contributed by atoms with Crippen molar-refractivity contribution >= 4 is 29.7 Å². The molecule has 7 nitrogen and oxygen atoms in total. The van der Waals surface area contributed by atoms with Gasteiger partial charge in [0, 0.05) is 17.9 Å². The number of hydrogen-bond acceptors (Lipinski definition) is 5. The highest BCUT2D eigenvalue weighted by Crippen LogP contribution is 2.41. The van der Waals surface area contributed by atoms with Crippen molar-refractivity contribution in [2.24, 2.45) is 17.8 Å². The van der Waals surface area contributed by atoms with Crippen LogP contribution in [0.5, 0.6) is 0 Å². The zero-order chi connectivity index (χ0) is 23.2. The number of carbonyl (C=O) groups is 3. The second-order valence-corrected chi connectivity index (χ2v) is 7.91. The molecule has 0 aliphatic carbocycles. The summed E-state index contributed by atoms with van der Waals surface area (Å²) >= 11 is 0.895. The second-order valence-electron chi connectivity index (χ2n) is 7.00. The Hall–Kier alpha value is -2.71. The van der Waals surface area contributed by atoms with E-state index in [1.165, 1.54) is 12.1 Å². The number of carboxylic acids is 3. The van der Waals surface area contributed by atoms with Crippen molar-refractivity contribution in [3.63, 3.8) is 0 Å². The van der Waals surface area contributed by atoms with Crippen LogP contribution in [0.25, 0.3) is 0 Å². The third-order valence-corrected chi connectivity index (χ3v) is 5.76. The third kappa shape index (κ3) is 7.48. The largest absolute Gasteiger partial charge is 0.481 e. The summed E-state index contributed by atoms with van der Waals surface area (Å²) in [5.41, 5.74) is -1.34. The van der Waals surface area contributed by atoms with Gasteiger partial charge < -0.3 is 20.1 Å². The first-order valence-corrected chi connectivity index (χ1v) is 9.96. The molecule has 31 heavy (non-hydrogen) atoms. The average molecular weight is 460 g/mol. The van der Waals surface area contributed by atoms with Crippen molar-refractivity contribution in [2.75, 3.05) is 6.61 Å². The van der Waals surface area contributed by atoms with Crippen LogP contribution >= 0.6 is 11.8 Å². The number of aliphatic carboxylic acids is 3. The van der Waals surface area contributed by atoms with Gasteiger partial charge in [0.05, 0.1) is 25.0 Å². The molecule has 4 atom stereocenters. The van der Waals surface area contributed by atoms with Gasteiger partial charge in [-0.2, -0.15) is 13.2 Å². The van der Waals surface area contributed by atoms with E-state index in [0.717, 1.165) is 23.9 Å². The van der Waals surface area contributed by atoms with E-state index in [1.807, 2.05) is 0 Å². The standard InChI is InChI=1S/C20H19F3O7S/c21-20(22,23)13-3-1-11(2-4-13)5-6-31-19-15(9-18(28)29)14(8-17(26)27)12(10-30-19)7-16(24)25/h1-4,12,14-15,19H,7-10H2,(H,24,25)(H,26,27)(H,28,29). The molecule has 1 aromatic carbocycles. The molecule has 1 aliphatic heterocycles. The van der Waals surface area contributed by atoms with Crippen LogP contribution in [-0.2, 0) is 25.3 Å². The van der Waals surface area contributed by atoms with Gasteiger partial charge in [0.1, 0.15) is 5.44 Å². The average Bonchev–Trinajstić information content (AvgIpc) is 2.64. The van der Waals surface area contributed by atoms with Crippen molar-refractivity contribution in [1.82, 2.24) is 0 Å². The van der Waals surface area contributed by atoms with Gasteiger partial charge in [0.25, 0.3) is 0 Å². The maximum Gasteiger partial charge on any atom is 0.416 e. The van der Waals surface area contributed by atoms with Gasteiger partial charge in [-0.1, -0.05) is 5.92 Å². The molecular formula is C20H19F3O7S. The Labute approximate surface area is 179 Å². The molecule has 1 fully saturated rings. The molecule has 1 aromatic rings. The minimum atomic E-state index is -4.47. The Kier molecular flexibility index (Phi) is 8.36. The lowest BCUT2D eigenvalue weighted by atomic mass is 9.75. The lowest BCUT2D eigenvalue weighted by molar-refractivity contribution is -0.151. The van der Waals surface area contributed by atoms with Gasteiger partial charge in [-0.15, -0.1) is 0 Å². The highest BCUT2D eigenvalue weighted by molar-refractivity contribution is 8.04. The zero-order valence-corrected chi connectivity index (χ0v) is 16.8. The van der Waals surface area contributed by atoms with Crippen LogP contribution in [0.2, 0.25) is 0 Å². The van der Waals surface area contributed by atoms with Gasteiger partial charge >= 0.3 is 24.1 Å². The molecule has 0 saturated carbocycles. The topological polar surface area (TPSA) is 121 Å². The number of rotatable bonds is 7. The minimum Gasteiger partial charge on any atom is -0.481 e. The van der Waals surface area contributed by atoms with Crippen molar-refractivity contribution < 1.29 is 47.6 Å². The van der Waals surface area contributed by atoms with Crippen LogP contribution in [0.15, 0.2) is 24.3 Å². The molecule has 1 saturated heterocycles. The molecule has 0 radical (unpaired) electrons. The van der Waals surface area contributed by atoms with E-state index in [2.05, 4.69) is 11.2 Å². The number of hydrogen-bond donors (Lipinski definition) is 3. The first-order chi connectivity index (χ1) is 14.5. The Morgan fingerprint density at radius 2 is 1.52 bits per heavy atom. The van der Waals surface area contributed by atoms with Gasteiger partial charge in [0.2, 0.25) is 0 Å². The normalized spacial score (nSPS) is 23.5. The van der Waals surface area contributed by atoms with E-state index in [1.54, 1.807) is 0 Å². The van der Waals surface area contributed by atoms with Crippen LogP contribution < -0.4 is 0 Å². The van der Waals surface area contributed by atoms with E-state index in [4.69, 9.17) is 9.84 Å². The van der Waals surface area contributed by atoms with E-state index in [0.29, 0.717) is 5.56 Å². The second kappa shape index (κ2) is 10.5. The maximum atomic E-state index is 12.6. The minimum absolute atomic E-state index is 0.0695. The first-order valence-electron chi connectivity index (χ1n) is 9.08. The summed E-state index contributed by atoms with van der Waals surface area (Å²) in [7, 11) is 0. The molecule has 0 bridgehead atoms. The molecule has 11 heteroatoms. The number of benzene rings is 1. The summed E-state index contributed by atoms with van der Waals surface area (Å²) in [5, 5.41) is 30.2. The van der Waals surface area contributed by atoms with Gasteiger partial charge in [-0.3, -0.25) is 14.4 Å². The monoisotopic (exact) mass is 460 g/mol. The summed E-state index contributed by atoms with van der Waals surface area (Å²) < 4.78 is 43.5. The summed E-state index contributed by atoms with van der Waals surface area (Å²) in [6.45, 7) is -0.0695. The summed E-state index contributed by atoms with van der Waals surface area (Å²) in [4.78, 5) is 33.7. The fourth-order valence-corrected chi connectivity index (χ4v) is 4.34. The van der Waals surface area contributed by atoms with Crippen LogP contribution in [0.1, 0.15) is 30.4 Å². The SMILES string of the molecule is O=C(O)CC1COC(SC#Cc2ccc(C(F)(F)F)cc2)C(CC(=O)O)C1CC(=O)O. The smallest absolute Gasteiger partial charge is 0.416 e. The van der Waals surface area contributed by atoms with Gasteiger partial charge in [0.15, 0.2) is 0 Å².